The number of benzene rings is 3. The number of hydrogen-bond acceptors (Lipinski definition) is 2. The average Bonchev–Trinajstić information content (AvgIpc) is 3.03. The molecule has 0 radical (unpaired) electrons. The van der Waals surface area contributed by atoms with E-state index in [9.17, 15) is 4.79 Å². The molecule has 146 valence electrons. The molecule has 0 aliphatic carbocycles. The summed E-state index contributed by atoms with van der Waals surface area (Å²) in [6.45, 7) is 0.214. The fourth-order valence-electron chi connectivity index (χ4n) is 3.35. The van der Waals surface area contributed by atoms with E-state index in [1.807, 2.05) is 66.3 Å². The molecule has 0 saturated heterocycles. The smallest absolute Gasteiger partial charge is 0.355 e. The minimum atomic E-state index is 0. The maximum Gasteiger partial charge on any atom is 0.355 e. The number of ketones is 1. The Bertz CT molecular complexity index is 1100. The van der Waals surface area contributed by atoms with Crippen LogP contribution >= 0.6 is 0 Å². The Morgan fingerprint density at radius 3 is 1.97 bits per heavy atom. The number of hydrogen-bond donors (Lipinski definition) is 1. The predicted octanol–water partition coefficient (Wildman–Crippen LogP) is 1.12. The largest absolute Gasteiger partial charge is 1.00 e. The van der Waals surface area contributed by atoms with Crippen LogP contribution in [0.4, 0.5) is 5.95 Å². The van der Waals surface area contributed by atoms with Gasteiger partial charge in [-0.25, -0.2) is 9.13 Å². The number of nitrogen functional groups attached to an aromatic ring is 1. The third-order valence-electron chi connectivity index (χ3n) is 4.97. The molecular weight excluding hydrogens is 426 g/mol. The van der Waals surface area contributed by atoms with Gasteiger partial charge in [0.05, 0.1) is 7.05 Å². The Balaban J connectivity index is 0.00000240. The molecule has 3 aromatic carbocycles. The van der Waals surface area contributed by atoms with Crippen LogP contribution in [0.3, 0.4) is 0 Å². The van der Waals surface area contributed by atoms with Crippen molar-refractivity contribution < 1.29 is 26.3 Å². The second-order valence-corrected chi connectivity index (χ2v) is 6.79. The summed E-state index contributed by atoms with van der Waals surface area (Å²) in [7, 11) is 1.92. The standard InChI is InChI=1S/C24H21N3O.BrH/c1-26-22(20-14-12-19(13-15-20)18-8-4-2-5-9-18)16-27(24(26)25)17-23(28)21-10-6-3-7-11-21;/h2-16,25H,17H2,1H3;1H. The molecular formula is C24H22BrN3O. The molecule has 0 saturated carbocycles. The minimum absolute atomic E-state index is 0. The molecule has 5 heteroatoms. The molecule has 1 heterocycles. The molecule has 0 unspecified atom stereocenters. The molecule has 0 aliphatic heterocycles. The van der Waals surface area contributed by atoms with Crippen LogP contribution in [0, 0.1) is 0 Å². The van der Waals surface area contributed by atoms with Gasteiger partial charge in [-0.15, -0.1) is 0 Å². The van der Waals surface area contributed by atoms with Crippen LogP contribution in [-0.4, -0.2) is 10.4 Å². The molecule has 2 N–H and O–H groups in total. The molecule has 4 nitrogen and oxygen atoms in total. The summed E-state index contributed by atoms with van der Waals surface area (Å²) >= 11 is 0. The highest BCUT2D eigenvalue weighted by molar-refractivity contribution is 5.95. The van der Waals surface area contributed by atoms with E-state index in [1.54, 1.807) is 4.57 Å². The summed E-state index contributed by atoms with van der Waals surface area (Å²) < 4.78 is 3.71. The zero-order valence-electron chi connectivity index (χ0n) is 16.1. The van der Waals surface area contributed by atoms with Crippen LogP contribution in [0.1, 0.15) is 10.4 Å². The van der Waals surface area contributed by atoms with Gasteiger partial charge in [-0.1, -0.05) is 84.9 Å². The number of nitrogens with two attached hydrogens (primary N) is 1. The first-order valence-corrected chi connectivity index (χ1v) is 9.22. The molecule has 29 heavy (non-hydrogen) atoms. The number of carbonyl (C=O) groups is 1. The van der Waals surface area contributed by atoms with Gasteiger partial charge in [0.15, 0.2) is 5.78 Å². The number of aromatic nitrogens is 2. The Labute approximate surface area is 181 Å². The molecule has 4 rings (SSSR count). The van der Waals surface area contributed by atoms with Crippen LogP contribution < -0.4 is 27.3 Å². The minimum Gasteiger partial charge on any atom is -1.00 e. The number of Topliss-reactive ketones (excluding diaryl/α,β-unsaturated/α-hetero) is 1. The third kappa shape index (κ3) is 4.30. The van der Waals surface area contributed by atoms with E-state index in [0.29, 0.717) is 11.5 Å². The van der Waals surface area contributed by atoms with Crippen LogP contribution in [0.15, 0.2) is 91.1 Å². The number of anilines is 1. The summed E-state index contributed by atoms with van der Waals surface area (Å²) in [6.07, 6.45) is 1.94. The number of imidazole rings is 1. The van der Waals surface area contributed by atoms with Crippen molar-refractivity contribution in [3.63, 3.8) is 0 Å². The summed E-state index contributed by atoms with van der Waals surface area (Å²) in [4.78, 5) is 12.5. The van der Waals surface area contributed by atoms with Crippen molar-refractivity contribution in [3.05, 3.63) is 96.7 Å². The van der Waals surface area contributed by atoms with Gasteiger partial charge in [0.2, 0.25) is 0 Å². The number of carbonyl (C=O) groups excluding carboxylic acids is 1. The van der Waals surface area contributed by atoms with Gasteiger partial charge in [0.1, 0.15) is 18.4 Å². The molecule has 0 spiro atoms. The first-order chi connectivity index (χ1) is 13.6. The molecule has 0 fully saturated rings. The maximum atomic E-state index is 12.5. The van der Waals surface area contributed by atoms with Crippen molar-refractivity contribution in [1.82, 2.24) is 4.57 Å². The van der Waals surface area contributed by atoms with Gasteiger partial charge in [-0.3, -0.25) is 10.5 Å². The van der Waals surface area contributed by atoms with Crippen LogP contribution in [-0.2, 0) is 13.6 Å². The molecule has 0 aliphatic rings. The van der Waals surface area contributed by atoms with Gasteiger partial charge in [-0.2, -0.15) is 0 Å². The second kappa shape index (κ2) is 8.88. The van der Waals surface area contributed by atoms with E-state index in [-0.39, 0.29) is 29.3 Å². The van der Waals surface area contributed by atoms with Crippen molar-refractivity contribution in [2.45, 2.75) is 6.54 Å². The zero-order valence-corrected chi connectivity index (χ0v) is 17.7. The van der Waals surface area contributed by atoms with Crippen molar-refractivity contribution in [2.24, 2.45) is 7.05 Å². The Morgan fingerprint density at radius 1 is 0.828 bits per heavy atom. The highest BCUT2D eigenvalue weighted by Gasteiger charge is 2.20. The van der Waals surface area contributed by atoms with E-state index < -0.39 is 0 Å². The van der Waals surface area contributed by atoms with Crippen LogP contribution in [0.5, 0.6) is 0 Å². The quantitative estimate of drug-likeness (QED) is 0.368. The maximum absolute atomic E-state index is 12.5. The van der Waals surface area contributed by atoms with Gasteiger partial charge in [0.25, 0.3) is 0 Å². The molecule has 0 bridgehead atoms. The highest BCUT2D eigenvalue weighted by atomic mass is 79.9. The Morgan fingerprint density at radius 2 is 1.34 bits per heavy atom. The lowest BCUT2D eigenvalue weighted by molar-refractivity contribution is -0.667. The van der Waals surface area contributed by atoms with Gasteiger partial charge in [-0.05, 0) is 11.1 Å². The van der Waals surface area contributed by atoms with E-state index in [2.05, 4.69) is 36.4 Å². The molecule has 0 amide bonds. The van der Waals surface area contributed by atoms with E-state index in [4.69, 9.17) is 5.73 Å². The van der Waals surface area contributed by atoms with E-state index >= 15 is 0 Å². The SMILES string of the molecule is Cn1c(-c2ccc(-c3ccccc3)cc2)c[n+](CC(=O)c2ccccc2)c1N.[Br-]. The third-order valence-corrected chi connectivity index (χ3v) is 4.97. The van der Waals surface area contributed by atoms with E-state index in [1.165, 1.54) is 11.1 Å². The summed E-state index contributed by atoms with van der Waals surface area (Å²) in [5.41, 5.74) is 11.3. The lowest BCUT2D eigenvalue weighted by atomic mass is 10.0. The lowest BCUT2D eigenvalue weighted by Gasteiger charge is -2.03. The molecule has 1 aromatic heterocycles. The predicted molar refractivity (Wildman–Crippen MR) is 112 cm³/mol. The molecule has 0 atom stereocenters. The Hall–Kier alpha value is -3.18. The average molecular weight is 448 g/mol. The first-order valence-electron chi connectivity index (χ1n) is 9.22. The lowest BCUT2D eigenvalue weighted by Crippen LogP contribution is -3.00. The van der Waals surface area contributed by atoms with Crippen molar-refractivity contribution in [1.29, 1.82) is 0 Å². The van der Waals surface area contributed by atoms with Crippen LogP contribution in [0.25, 0.3) is 22.4 Å². The van der Waals surface area contributed by atoms with E-state index in [0.717, 1.165) is 11.3 Å². The number of halogens is 1. The topological polar surface area (TPSA) is 51.9 Å². The normalized spacial score (nSPS) is 10.4. The summed E-state index contributed by atoms with van der Waals surface area (Å²) in [5.74, 6) is 0.584. The fraction of sp³-hybridized carbons (Fsp3) is 0.0833. The Kier molecular flexibility index (Phi) is 6.29. The van der Waals surface area contributed by atoms with Crippen molar-refractivity contribution in [3.8, 4) is 22.4 Å². The second-order valence-electron chi connectivity index (χ2n) is 6.79. The molecule has 4 aromatic rings. The highest BCUT2D eigenvalue weighted by Crippen LogP contribution is 2.25. The first kappa shape index (κ1) is 20.6. The van der Waals surface area contributed by atoms with Gasteiger partial charge in [0, 0.05) is 11.1 Å². The number of nitrogens with zero attached hydrogens (tertiary/aromatic N) is 2. The van der Waals surface area contributed by atoms with Gasteiger partial charge >= 0.3 is 5.95 Å². The van der Waals surface area contributed by atoms with Crippen molar-refractivity contribution in [2.75, 3.05) is 5.73 Å². The summed E-state index contributed by atoms with van der Waals surface area (Å²) in [5, 5.41) is 0. The van der Waals surface area contributed by atoms with Crippen molar-refractivity contribution >= 4 is 11.7 Å². The zero-order chi connectivity index (χ0) is 19.5. The fourth-order valence-corrected chi connectivity index (χ4v) is 3.35. The summed E-state index contributed by atoms with van der Waals surface area (Å²) in [6, 6.07) is 27.9. The number of rotatable bonds is 5. The van der Waals surface area contributed by atoms with Gasteiger partial charge < -0.3 is 17.0 Å². The van der Waals surface area contributed by atoms with Crippen LogP contribution in [0.2, 0.25) is 0 Å². The monoisotopic (exact) mass is 447 g/mol.